The molecule has 0 bridgehead atoms. The van der Waals surface area contributed by atoms with Crippen LogP contribution in [0.1, 0.15) is 41.5 Å². The summed E-state index contributed by atoms with van der Waals surface area (Å²) in [5, 5.41) is 3.98. The monoisotopic (exact) mass is 403 g/mol. The summed E-state index contributed by atoms with van der Waals surface area (Å²) in [7, 11) is -2.81. The summed E-state index contributed by atoms with van der Waals surface area (Å²) in [5.41, 5.74) is 0. The van der Waals surface area contributed by atoms with Crippen LogP contribution in [0.15, 0.2) is 5.16 Å². The summed E-state index contributed by atoms with van der Waals surface area (Å²) in [6, 6.07) is 0. The van der Waals surface area contributed by atoms with Gasteiger partial charge in [0, 0.05) is 32.9 Å². The second-order valence-corrected chi connectivity index (χ2v) is 9.00. The lowest BCUT2D eigenvalue weighted by molar-refractivity contribution is 0.0740. The van der Waals surface area contributed by atoms with Gasteiger partial charge in [-0.05, 0) is 40.4 Å². The van der Waals surface area contributed by atoms with Crippen molar-refractivity contribution in [3.63, 3.8) is 0 Å². The maximum atomic E-state index is 5.88. The molecule has 0 unspecified atom stereocenters. The largest absolute Gasteiger partial charge is 0.521 e. The number of thioether (sulfide) groups is 1. The lowest BCUT2D eigenvalue weighted by Crippen LogP contribution is -2.52. The number of anilines is 2. The van der Waals surface area contributed by atoms with E-state index in [0.717, 1.165) is 18.8 Å². The Morgan fingerprint density at radius 2 is 1.46 bits per heavy atom. The van der Waals surface area contributed by atoms with Crippen LogP contribution in [0.25, 0.3) is 0 Å². The first-order valence-corrected chi connectivity index (χ1v) is 12.3. The average Bonchev–Trinajstić information content (AvgIpc) is 2.62. The molecule has 0 spiro atoms. The van der Waals surface area contributed by atoms with Crippen LogP contribution in [0.3, 0.4) is 0 Å². The molecular formula is C16H33N5O3SSi. The van der Waals surface area contributed by atoms with Crippen LogP contribution < -0.4 is 10.2 Å². The van der Waals surface area contributed by atoms with Crippen LogP contribution in [0.2, 0.25) is 0 Å². The number of nitrogens with zero attached hydrogens (tertiary/aromatic N) is 4. The molecule has 0 saturated carbocycles. The van der Waals surface area contributed by atoms with Gasteiger partial charge in [0.05, 0.1) is 6.17 Å². The van der Waals surface area contributed by atoms with E-state index in [9.17, 15) is 0 Å². The van der Waals surface area contributed by atoms with Crippen LogP contribution in [0.4, 0.5) is 11.9 Å². The van der Waals surface area contributed by atoms with E-state index in [1.54, 1.807) is 11.8 Å². The van der Waals surface area contributed by atoms with Gasteiger partial charge in [-0.25, -0.2) is 0 Å². The fourth-order valence-corrected chi connectivity index (χ4v) is 5.20. The predicted molar refractivity (Wildman–Crippen MR) is 109 cm³/mol. The molecule has 0 aromatic carbocycles. The van der Waals surface area contributed by atoms with Gasteiger partial charge < -0.3 is 23.5 Å². The van der Waals surface area contributed by atoms with Gasteiger partial charge in [-0.2, -0.15) is 15.0 Å². The van der Waals surface area contributed by atoms with Crippen LogP contribution in [-0.2, 0) is 13.3 Å². The first-order chi connectivity index (χ1) is 12.6. The SMILES string of the molecule is CCO[Si](CNc1nc(SCC)nc(N(CC)CC)n1)(OCC)OCC. The van der Waals surface area contributed by atoms with Crippen molar-refractivity contribution in [2.45, 2.75) is 46.7 Å². The molecular weight excluding hydrogens is 370 g/mol. The highest BCUT2D eigenvalue weighted by Gasteiger charge is 2.40. The second kappa shape index (κ2) is 12.4. The number of hydrogen-bond acceptors (Lipinski definition) is 9. The zero-order valence-corrected chi connectivity index (χ0v) is 18.7. The Bertz CT molecular complexity index is 506. The molecule has 8 nitrogen and oxygen atoms in total. The van der Waals surface area contributed by atoms with Crippen molar-refractivity contribution >= 4 is 32.5 Å². The molecule has 1 heterocycles. The summed E-state index contributed by atoms with van der Waals surface area (Å²) in [6.45, 7) is 15.4. The molecule has 0 radical (unpaired) electrons. The number of rotatable bonds is 14. The molecule has 0 atom stereocenters. The van der Waals surface area contributed by atoms with Gasteiger partial charge in [-0.1, -0.05) is 18.7 Å². The fraction of sp³-hybridized carbons (Fsp3) is 0.812. The van der Waals surface area contributed by atoms with Crippen molar-refractivity contribution in [1.29, 1.82) is 0 Å². The molecule has 1 N–H and O–H groups in total. The molecule has 0 amide bonds. The van der Waals surface area contributed by atoms with E-state index >= 15 is 0 Å². The van der Waals surface area contributed by atoms with Gasteiger partial charge in [0.1, 0.15) is 0 Å². The van der Waals surface area contributed by atoms with E-state index < -0.39 is 8.80 Å². The number of hydrogen-bond donors (Lipinski definition) is 1. The van der Waals surface area contributed by atoms with Gasteiger partial charge in [-0.3, -0.25) is 0 Å². The summed E-state index contributed by atoms with van der Waals surface area (Å²) < 4.78 is 17.6. The summed E-state index contributed by atoms with van der Waals surface area (Å²) in [6.07, 6.45) is 0.417. The van der Waals surface area contributed by atoms with Crippen molar-refractivity contribution < 1.29 is 13.3 Å². The molecule has 26 heavy (non-hydrogen) atoms. The average molecular weight is 404 g/mol. The van der Waals surface area contributed by atoms with Crippen molar-refractivity contribution in [1.82, 2.24) is 15.0 Å². The molecule has 1 aromatic rings. The number of nitrogens with one attached hydrogen (secondary N) is 1. The first-order valence-electron chi connectivity index (χ1n) is 9.37. The maximum Gasteiger partial charge on any atom is 0.521 e. The smallest absolute Gasteiger partial charge is 0.373 e. The summed E-state index contributed by atoms with van der Waals surface area (Å²) in [4.78, 5) is 15.8. The quantitative estimate of drug-likeness (QED) is 0.372. The Morgan fingerprint density at radius 1 is 0.885 bits per heavy atom. The first kappa shape index (κ1) is 23.1. The van der Waals surface area contributed by atoms with Gasteiger partial charge in [0.15, 0.2) is 5.16 Å². The van der Waals surface area contributed by atoms with E-state index in [1.165, 1.54) is 0 Å². The van der Waals surface area contributed by atoms with Crippen LogP contribution in [0, 0.1) is 0 Å². The van der Waals surface area contributed by atoms with Gasteiger partial charge in [0.2, 0.25) is 11.9 Å². The van der Waals surface area contributed by atoms with E-state index in [1.807, 2.05) is 20.8 Å². The fourth-order valence-electron chi connectivity index (χ4n) is 2.39. The molecule has 0 aliphatic rings. The number of aromatic nitrogens is 3. The molecule has 10 heteroatoms. The van der Waals surface area contributed by atoms with Gasteiger partial charge in [0.25, 0.3) is 0 Å². The Balaban J connectivity index is 3.04. The van der Waals surface area contributed by atoms with E-state index in [4.69, 9.17) is 13.3 Å². The molecule has 0 aliphatic carbocycles. The Labute approximate surface area is 162 Å². The van der Waals surface area contributed by atoms with Gasteiger partial charge >= 0.3 is 8.80 Å². The normalized spacial score (nSPS) is 11.6. The van der Waals surface area contributed by atoms with Crippen molar-refractivity contribution in [3.8, 4) is 0 Å². The molecule has 150 valence electrons. The van der Waals surface area contributed by atoms with Crippen LogP contribution in [-0.4, -0.2) is 68.6 Å². The third-order valence-electron chi connectivity index (χ3n) is 3.48. The predicted octanol–water partition coefficient (Wildman–Crippen LogP) is 2.83. The molecule has 0 fully saturated rings. The topological polar surface area (TPSA) is 81.6 Å². The van der Waals surface area contributed by atoms with E-state index in [0.29, 0.717) is 43.0 Å². The Morgan fingerprint density at radius 3 is 1.92 bits per heavy atom. The molecule has 0 aliphatic heterocycles. The van der Waals surface area contributed by atoms with Crippen molar-refractivity contribution in [2.24, 2.45) is 0 Å². The van der Waals surface area contributed by atoms with E-state index in [-0.39, 0.29) is 0 Å². The minimum Gasteiger partial charge on any atom is -0.373 e. The summed E-state index contributed by atoms with van der Waals surface area (Å²) >= 11 is 1.59. The lowest BCUT2D eigenvalue weighted by atomic mass is 10.5. The van der Waals surface area contributed by atoms with Gasteiger partial charge in [-0.15, -0.1) is 0 Å². The molecule has 1 aromatic heterocycles. The maximum absolute atomic E-state index is 5.88. The molecule has 0 saturated heterocycles. The van der Waals surface area contributed by atoms with E-state index in [2.05, 4.69) is 45.9 Å². The van der Waals surface area contributed by atoms with Crippen molar-refractivity contribution in [3.05, 3.63) is 0 Å². The Kier molecular flexibility index (Phi) is 11.1. The van der Waals surface area contributed by atoms with Crippen LogP contribution >= 0.6 is 11.8 Å². The highest BCUT2D eigenvalue weighted by atomic mass is 32.2. The zero-order chi connectivity index (χ0) is 19.4. The highest BCUT2D eigenvalue weighted by molar-refractivity contribution is 7.99. The Hall–Kier alpha value is -0.943. The third-order valence-corrected chi connectivity index (χ3v) is 7.00. The third kappa shape index (κ3) is 6.99. The lowest BCUT2D eigenvalue weighted by Gasteiger charge is -2.28. The minimum atomic E-state index is -2.81. The minimum absolute atomic E-state index is 0.417. The summed E-state index contributed by atoms with van der Waals surface area (Å²) in [5.74, 6) is 2.10. The second-order valence-electron chi connectivity index (χ2n) is 5.18. The highest BCUT2D eigenvalue weighted by Crippen LogP contribution is 2.19. The standard InChI is InChI=1S/C16H33N5O3SSi/c1-7-21(8-2)15-18-14(19-16(20-15)25-12-6)17-13-26(22-9-3,23-10-4)24-11-5/h7-13H2,1-6H3,(H,17,18,19,20). The molecule has 1 rings (SSSR count). The van der Waals surface area contributed by atoms with Crippen LogP contribution in [0.5, 0.6) is 0 Å². The zero-order valence-electron chi connectivity index (χ0n) is 16.9. The van der Waals surface area contributed by atoms with Crippen molar-refractivity contribution in [2.75, 3.05) is 55.0 Å².